The predicted octanol–water partition coefficient (Wildman–Crippen LogP) is 0.229. The molecule has 0 fully saturated rings. The molecule has 1 aromatic carbocycles. The quantitative estimate of drug-likeness (QED) is 0.547. The third-order valence-corrected chi connectivity index (χ3v) is 1.95. The molecule has 1 amide bonds. The molecule has 80 valence electrons. The lowest BCUT2D eigenvalue weighted by Crippen LogP contribution is -2.14. The number of nitrogens with zero attached hydrogens (tertiary/aromatic N) is 1. The van der Waals surface area contributed by atoms with E-state index < -0.39 is 10.8 Å². The van der Waals surface area contributed by atoms with Gasteiger partial charge in [0.1, 0.15) is 0 Å². The summed E-state index contributed by atoms with van der Waals surface area (Å²) < 4.78 is 0. The van der Waals surface area contributed by atoms with Gasteiger partial charge in [0.25, 0.3) is 5.69 Å². The normalized spacial score (nSPS) is 9.93. The van der Waals surface area contributed by atoms with Crippen molar-refractivity contribution in [1.29, 1.82) is 0 Å². The summed E-state index contributed by atoms with van der Waals surface area (Å²) in [5.41, 5.74) is 5.47. The molecule has 0 heterocycles. The second-order valence-electron chi connectivity index (χ2n) is 2.94. The monoisotopic (exact) mass is 210 g/mol. The Hall–Kier alpha value is -1.95. The molecule has 0 spiro atoms. The van der Waals surface area contributed by atoms with Crippen molar-refractivity contribution in [3.8, 4) is 0 Å². The van der Waals surface area contributed by atoms with Crippen LogP contribution in [0.2, 0.25) is 0 Å². The van der Waals surface area contributed by atoms with E-state index in [-0.39, 0.29) is 24.3 Å². The summed E-state index contributed by atoms with van der Waals surface area (Å²) in [5.74, 6) is -0.734. The first-order valence-electron chi connectivity index (χ1n) is 4.24. The minimum Gasteiger partial charge on any atom is -0.396 e. The van der Waals surface area contributed by atoms with Crippen LogP contribution in [0.3, 0.4) is 0 Å². The molecule has 0 aliphatic rings. The topological polar surface area (TPSA) is 106 Å². The number of non-ortho nitro benzene ring substituents is 1. The highest BCUT2D eigenvalue weighted by Gasteiger charge is 2.13. The van der Waals surface area contributed by atoms with Crippen LogP contribution in [-0.4, -0.2) is 22.5 Å². The summed E-state index contributed by atoms with van der Waals surface area (Å²) in [6.07, 6.45) is 0.246. The van der Waals surface area contributed by atoms with Crippen LogP contribution >= 0.6 is 0 Å². The Morgan fingerprint density at radius 3 is 2.67 bits per heavy atom. The maximum absolute atomic E-state index is 11.0. The highest BCUT2D eigenvalue weighted by atomic mass is 16.6. The van der Waals surface area contributed by atoms with Crippen LogP contribution in [0.25, 0.3) is 0 Å². The molecule has 3 N–H and O–H groups in total. The number of nitrogens with two attached hydrogens (primary N) is 1. The van der Waals surface area contributed by atoms with E-state index in [0.29, 0.717) is 5.56 Å². The van der Waals surface area contributed by atoms with Gasteiger partial charge in [-0.2, -0.15) is 0 Å². The second-order valence-corrected chi connectivity index (χ2v) is 2.94. The number of carbonyl (C=O) groups is 1. The standard InChI is InChI=1S/C9H10N2O4/c10-9(13)8-5-7(11(14)15)2-1-6(8)3-4-12/h1-2,5,12H,3-4H2,(H2,10,13). The summed E-state index contributed by atoms with van der Waals surface area (Å²) in [4.78, 5) is 20.8. The molecule has 0 saturated heterocycles. The van der Waals surface area contributed by atoms with Crippen molar-refractivity contribution in [2.75, 3.05) is 6.61 Å². The van der Waals surface area contributed by atoms with Crippen molar-refractivity contribution in [2.24, 2.45) is 5.73 Å². The molecule has 0 bridgehead atoms. The lowest BCUT2D eigenvalue weighted by Gasteiger charge is -2.04. The minimum atomic E-state index is -0.734. The van der Waals surface area contributed by atoms with Crippen LogP contribution < -0.4 is 5.73 Å². The van der Waals surface area contributed by atoms with E-state index >= 15 is 0 Å². The van der Waals surface area contributed by atoms with Gasteiger partial charge in [0.2, 0.25) is 5.91 Å². The zero-order chi connectivity index (χ0) is 11.4. The Balaban J connectivity index is 3.20. The number of hydrogen-bond acceptors (Lipinski definition) is 4. The fourth-order valence-corrected chi connectivity index (χ4v) is 1.25. The van der Waals surface area contributed by atoms with Gasteiger partial charge >= 0.3 is 0 Å². The third kappa shape index (κ3) is 2.50. The Bertz CT molecular complexity index is 403. The number of primary amides is 1. The van der Waals surface area contributed by atoms with Gasteiger partial charge < -0.3 is 10.8 Å². The second kappa shape index (κ2) is 4.52. The van der Waals surface area contributed by atoms with Crippen molar-refractivity contribution < 1.29 is 14.8 Å². The van der Waals surface area contributed by atoms with Crippen LogP contribution in [0.1, 0.15) is 15.9 Å². The third-order valence-electron chi connectivity index (χ3n) is 1.95. The number of carbonyl (C=O) groups excluding carboxylic acids is 1. The summed E-state index contributed by atoms with van der Waals surface area (Å²) in [6, 6.07) is 3.82. The first-order chi connectivity index (χ1) is 7.06. The molecular weight excluding hydrogens is 200 g/mol. The summed E-state index contributed by atoms with van der Waals surface area (Å²) in [7, 11) is 0. The van der Waals surface area contributed by atoms with Crippen molar-refractivity contribution in [1.82, 2.24) is 0 Å². The van der Waals surface area contributed by atoms with Gasteiger partial charge in [-0.05, 0) is 12.0 Å². The zero-order valence-electron chi connectivity index (χ0n) is 7.84. The molecule has 0 aliphatic heterocycles. The summed E-state index contributed by atoms with van der Waals surface area (Å²) >= 11 is 0. The van der Waals surface area contributed by atoms with E-state index in [1.165, 1.54) is 12.1 Å². The Labute approximate surface area is 85.5 Å². The molecule has 0 radical (unpaired) electrons. The number of hydrogen-bond donors (Lipinski definition) is 2. The number of amides is 1. The lowest BCUT2D eigenvalue weighted by atomic mass is 10.0. The largest absolute Gasteiger partial charge is 0.396 e. The Morgan fingerprint density at radius 1 is 1.53 bits per heavy atom. The molecular formula is C9H10N2O4. The summed E-state index contributed by atoms with van der Waals surface area (Å²) in [5, 5.41) is 19.2. The van der Waals surface area contributed by atoms with E-state index in [1.807, 2.05) is 0 Å². The van der Waals surface area contributed by atoms with Gasteiger partial charge in [0, 0.05) is 24.3 Å². The van der Waals surface area contributed by atoms with E-state index in [2.05, 4.69) is 0 Å². The molecule has 0 aliphatic carbocycles. The number of aliphatic hydroxyl groups is 1. The maximum atomic E-state index is 11.0. The molecule has 0 aromatic heterocycles. The van der Waals surface area contributed by atoms with Crippen molar-refractivity contribution >= 4 is 11.6 Å². The minimum absolute atomic E-state index is 0.0817. The van der Waals surface area contributed by atoms with Gasteiger partial charge in [0.05, 0.1) is 4.92 Å². The number of rotatable bonds is 4. The van der Waals surface area contributed by atoms with Crippen molar-refractivity contribution in [3.05, 3.63) is 39.4 Å². The van der Waals surface area contributed by atoms with Gasteiger partial charge in [-0.25, -0.2) is 0 Å². The maximum Gasteiger partial charge on any atom is 0.270 e. The Kier molecular flexibility index (Phi) is 3.35. The molecule has 1 aromatic rings. The SMILES string of the molecule is NC(=O)c1cc([N+](=O)[O-])ccc1CCO. The Morgan fingerprint density at radius 2 is 2.20 bits per heavy atom. The van der Waals surface area contributed by atoms with Gasteiger partial charge in [-0.3, -0.25) is 14.9 Å². The van der Waals surface area contributed by atoms with Gasteiger partial charge in [-0.1, -0.05) is 6.07 Å². The number of nitro groups is 1. The predicted molar refractivity (Wildman–Crippen MR) is 52.4 cm³/mol. The smallest absolute Gasteiger partial charge is 0.270 e. The average molecular weight is 210 g/mol. The fourth-order valence-electron chi connectivity index (χ4n) is 1.25. The molecule has 6 heteroatoms. The highest BCUT2D eigenvalue weighted by Crippen LogP contribution is 2.17. The average Bonchev–Trinajstić information content (AvgIpc) is 2.18. The zero-order valence-corrected chi connectivity index (χ0v) is 7.84. The van der Waals surface area contributed by atoms with E-state index in [4.69, 9.17) is 10.8 Å². The lowest BCUT2D eigenvalue weighted by molar-refractivity contribution is -0.384. The van der Waals surface area contributed by atoms with Crippen molar-refractivity contribution in [3.63, 3.8) is 0 Å². The molecule has 0 atom stereocenters. The molecule has 0 saturated carbocycles. The number of nitro benzene ring substituents is 1. The van der Waals surface area contributed by atoms with Gasteiger partial charge in [0.15, 0.2) is 0 Å². The number of benzene rings is 1. The van der Waals surface area contributed by atoms with Crippen molar-refractivity contribution in [2.45, 2.75) is 6.42 Å². The van der Waals surface area contributed by atoms with Crippen LogP contribution in [0.4, 0.5) is 5.69 Å². The summed E-state index contributed by atoms with van der Waals surface area (Å²) in [6.45, 7) is -0.141. The first kappa shape index (κ1) is 11.1. The van der Waals surface area contributed by atoms with Crippen LogP contribution in [0.15, 0.2) is 18.2 Å². The van der Waals surface area contributed by atoms with Crippen LogP contribution in [0, 0.1) is 10.1 Å². The molecule has 15 heavy (non-hydrogen) atoms. The van der Waals surface area contributed by atoms with E-state index in [1.54, 1.807) is 0 Å². The highest BCUT2D eigenvalue weighted by molar-refractivity contribution is 5.95. The van der Waals surface area contributed by atoms with E-state index in [9.17, 15) is 14.9 Å². The van der Waals surface area contributed by atoms with Crippen LogP contribution in [0.5, 0.6) is 0 Å². The first-order valence-corrected chi connectivity index (χ1v) is 4.24. The fraction of sp³-hybridized carbons (Fsp3) is 0.222. The molecule has 1 rings (SSSR count). The van der Waals surface area contributed by atoms with Gasteiger partial charge in [-0.15, -0.1) is 0 Å². The molecule has 0 unspecified atom stereocenters. The van der Waals surface area contributed by atoms with Crippen LogP contribution in [-0.2, 0) is 6.42 Å². The van der Waals surface area contributed by atoms with E-state index in [0.717, 1.165) is 6.07 Å². The molecule has 6 nitrogen and oxygen atoms in total. The number of aliphatic hydroxyl groups excluding tert-OH is 1.